The third-order valence-corrected chi connectivity index (χ3v) is 5.81. The molecular weight excluding hydrogens is 356 g/mol. The summed E-state index contributed by atoms with van der Waals surface area (Å²) in [5.41, 5.74) is 3.23. The number of hydrogen-bond acceptors (Lipinski definition) is 2. The molecule has 148 valence electrons. The van der Waals surface area contributed by atoms with E-state index in [0.29, 0.717) is 0 Å². The van der Waals surface area contributed by atoms with Gasteiger partial charge in [-0.1, -0.05) is 91.0 Å². The third-order valence-electron chi connectivity index (χ3n) is 5.81. The standard InChI is InChI=1S/C26H28N2O/c1-27(25(28-19-11-12-20-28)23-17-9-4-10-18-23)26(29)24(21-13-5-2-6-14-21)22-15-7-3-8-16-22/h2-10,13-18,24-25H,11-12,19-20H2,1H3. The van der Waals surface area contributed by atoms with Gasteiger partial charge in [0.15, 0.2) is 0 Å². The molecule has 0 radical (unpaired) electrons. The summed E-state index contributed by atoms with van der Waals surface area (Å²) < 4.78 is 0. The number of likely N-dealkylation sites (tertiary alicyclic amines) is 1. The van der Waals surface area contributed by atoms with Crippen molar-refractivity contribution < 1.29 is 4.79 Å². The summed E-state index contributed by atoms with van der Waals surface area (Å²) in [5.74, 6) is -0.181. The Morgan fingerprint density at radius 1 is 0.724 bits per heavy atom. The van der Waals surface area contributed by atoms with Gasteiger partial charge in [-0.25, -0.2) is 0 Å². The summed E-state index contributed by atoms with van der Waals surface area (Å²) in [7, 11) is 1.96. The lowest BCUT2D eigenvalue weighted by molar-refractivity contribution is -0.136. The van der Waals surface area contributed by atoms with Crippen LogP contribution in [0.3, 0.4) is 0 Å². The van der Waals surface area contributed by atoms with Gasteiger partial charge in [-0.2, -0.15) is 0 Å². The molecule has 1 aliphatic heterocycles. The first-order valence-electron chi connectivity index (χ1n) is 10.4. The van der Waals surface area contributed by atoms with Crippen molar-refractivity contribution in [2.75, 3.05) is 20.1 Å². The van der Waals surface area contributed by atoms with Crippen molar-refractivity contribution in [3.8, 4) is 0 Å². The SMILES string of the molecule is CN(C(=O)C(c1ccccc1)c1ccccc1)C(c1ccccc1)N1CCCC1. The summed E-state index contributed by atoms with van der Waals surface area (Å²) in [5, 5.41) is 0. The van der Waals surface area contributed by atoms with Gasteiger partial charge in [-0.05, 0) is 29.5 Å². The number of hydrogen-bond donors (Lipinski definition) is 0. The average molecular weight is 385 g/mol. The Morgan fingerprint density at radius 3 is 1.59 bits per heavy atom. The van der Waals surface area contributed by atoms with E-state index in [1.54, 1.807) is 0 Å². The normalized spacial score (nSPS) is 15.4. The minimum atomic E-state index is -0.309. The zero-order chi connectivity index (χ0) is 20.1. The molecule has 1 fully saturated rings. The molecule has 3 nitrogen and oxygen atoms in total. The molecule has 1 aliphatic rings. The van der Waals surface area contributed by atoms with E-state index in [-0.39, 0.29) is 18.0 Å². The van der Waals surface area contributed by atoms with E-state index < -0.39 is 0 Å². The maximum Gasteiger partial charge on any atom is 0.235 e. The molecule has 1 unspecified atom stereocenters. The summed E-state index contributed by atoms with van der Waals surface area (Å²) in [6.45, 7) is 2.05. The number of benzene rings is 3. The van der Waals surface area contributed by atoms with Crippen molar-refractivity contribution in [2.45, 2.75) is 24.9 Å². The number of amides is 1. The molecule has 4 rings (SSSR count). The van der Waals surface area contributed by atoms with E-state index in [1.165, 1.54) is 18.4 Å². The fourth-order valence-electron chi connectivity index (χ4n) is 4.38. The summed E-state index contributed by atoms with van der Waals surface area (Å²) >= 11 is 0. The Labute approximate surface area is 173 Å². The number of rotatable bonds is 6. The Kier molecular flexibility index (Phi) is 6.06. The maximum absolute atomic E-state index is 13.9. The molecule has 0 aliphatic carbocycles. The van der Waals surface area contributed by atoms with Crippen LogP contribution in [0.4, 0.5) is 0 Å². The van der Waals surface area contributed by atoms with Gasteiger partial charge in [0, 0.05) is 20.1 Å². The zero-order valence-corrected chi connectivity index (χ0v) is 16.9. The number of nitrogens with zero attached hydrogens (tertiary/aromatic N) is 2. The first-order valence-corrected chi connectivity index (χ1v) is 10.4. The minimum Gasteiger partial charge on any atom is -0.325 e. The molecule has 3 aromatic rings. The lowest BCUT2D eigenvalue weighted by atomic mass is 9.89. The van der Waals surface area contributed by atoms with Crippen molar-refractivity contribution in [3.05, 3.63) is 108 Å². The van der Waals surface area contributed by atoms with Gasteiger partial charge in [0.05, 0.1) is 5.92 Å². The highest BCUT2D eigenvalue weighted by Crippen LogP contribution is 2.33. The quantitative estimate of drug-likeness (QED) is 0.592. The zero-order valence-electron chi connectivity index (χ0n) is 16.9. The molecule has 0 aromatic heterocycles. The molecule has 3 heteroatoms. The predicted octanol–water partition coefficient (Wildman–Crippen LogP) is 5.07. The third kappa shape index (κ3) is 4.25. The molecule has 0 N–H and O–H groups in total. The Hall–Kier alpha value is -2.91. The van der Waals surface area contributed by atoms with Crippen molar-refractivity contribution >= 4 is 5.91 Å². The number of carbonyl (C=O) groups excluding carboxylic acids is 1. The van der Waals surface area contributed by atoms with Gasteiger partial charge < -0.3 is 4.90 Å². The van der Waals surface area contributed by atoms with Gasteiger partial charge in [0.1, 0.15) is 6.17 Å². The van der Waals surface area contributed by atoms with Crippen molar-refractivity contribution in [1.29, 1.82) is 0 Å². The van der Waals surface area contributed by atoms with Gasteiger partial charge >= 0.3 is 0 Å². The fraction of sp³-hybridized carbons (Fsp3) is 0.269. The van der Waals surface area contributed by atoms with Gasteiger partial charge in [-0.15, -0.1) is 0 Å². The molecule has 3 aromatic carbocycles. The lowest BCUT2D eigenvalue weighted by Crippen LogP contribution is -2.43. The second-order valence-corrected chi connectivity index (χ2v) is 7.73. The first kappa shape index (κ1) is 19.4. The van der Waals surface area contributed by atoms with Crippen molar-refractivity contribution in [1.82, 2.24) is 9.80 Å². The average Bonchev–Trinajstić information content (AvgIpc) is 3.30. The molecule has 0 bridgehead atoms. The topological polar surface area (TPSA) is 23.6 Å². The molecule has 0 saturated carbocycles. The van der Waals surface area contributed by atoms with Gasteiger partial charge in [0.2, 0.25) is 5.91 Å². The van der Waals surface area contributed by atoms with Crippen LogP contribution in [0.2, 0.25) is 0 Å². The second-order valence-electron chi connectivity index (χ2n) is 7.73. The van der Waals surface area contributed by atoms with E-state index in [1.807, 2.05) is 54.4 Å². The molecular formula is C26H28N2O. The van der Waals surface area contributed by atoms with Crippen LogP contribution in [0.15, 0.2) is 91.0 Å². The van der Waals surface area contributed by atoms with Crippen LogP contribution in [0.1, 0.15) is 41.6 Å². The van der Waals surface area contributed by atoms with E-state index in [0.717, 1.165) is 24.2 Å². The molecule has 1 heterocycles. The van der Waals surface area contributed by atoms with E-state index in [2.05, 4.69) is 53.4 Å². The van der Waals surface area contributed by atoms with Crippen LogP contribution in [0, 0.1) is 0 Å². The molecule has 1 amide bonds. The monoisotopic (exact) mass is 384 g/mol. The highest BCUT2D eigenvalue weighted by Gasteiger charge is 2.34. The molecule has 1 atom stereocenters. The van der Waals surface area contributed by atoms with E-state index >= 15 is 0 Å². The number of likely N-dealkylation sites (N-methyl/N-ethyl adjacent to an activating group) is 1. The highest BCUT2D eigenvalue weighted by atomic mass is 16.2. The number of carbonyl (C=O) groups is 1. The fourth-order valence-corrected chi connectivity index (χ4v) is 4.38. The first-order chi connectivity index (χ1) is 14.3. The van der Waals surface area contributed by atoms with E-state index in [4.69, 9.17) is 0 Å². The Morgan fingerprint density at radius 2 is 1.14 bits per heavy atom. The largest absolute Gasteiger partial charge is 0.325 e. The summed E-state index contributed by atoms with van der Waals surface area (Å²) in [6, 6.07) is 30.6. The molecule has 0 spiro atoms. The predicted molar refractivity (Wildman–Crippen MR) is 117 cm³/mol. The van der Waals surface area contributed by atoms with Gasteiger partial charge in [0.25, 0.3) is 0 Å². The van der Waals surface area contributed by atoms with Crippen LogP contribution in [0.5, 0.6) is 0 Å². The lowest BCUT2D eigenvalue weighted by Gasteiger charge is -2.37. The van der Waals surface area contributed by atoms with Crippen LogP contribution < -0.4 is 0 Å². The van der Waals surface area contributed by atoms with Gasteiger partial charge in [-0.3, -0.25) is 9.69 Å². The summed E-state index contributed by atoms with van der Waals surface area (Å²) in [4.78, 5) is 18.3. The summed E-state index contributed by atoms with van der Waals surface area (Å²) in [6.07, 6.45) is 2.33. The van der Waals surface area contributed by atoms with E-state index in [9.17, 15) is 4.79 Å². The Bertz CT molecular complexity index is 866. The maximum atomic E-state index is 13.9. The van der Waals surface area contributed by atoms with Crippen LogP contribution in [-0.2, 0) is 4.79 Å². The smallest absolute Gasteiger partial charge is 0.235 e. The van der Waals surface area contributed by atoms with Crippen molar-refractivity contribution in [2.24, 2.45) is 0 Å². The molecule has 1 saturated heterocycles. The van der Waals surface area contributed by atoms with Crippen LogP contribution in [-0.4, -0.2) is 35.8 Å². The Balaban J connectivity index is 1.72. The van der Waals surface area contributed by atoms with Crippen LogP contribution in [0.25, 0.3) is 0 Å². The second kappa shape index (κ2) is 9.06. The minimum absolute atomic E-state index is 0.0406. The molecule has 29 heavy (non-hydrogen) atoms. The van der Waals surface area contributed by atoms with Crippen molar-refractivity contribution in [3.63, 3.8) is 0 Å². The van der Waals surface area contributed by atoms with Crippen LogP contribution >= 0.6 is 0 Å². The highest BCUT2D eigenvalue weighted by molar-refractivity contribution is 5.87.